The number of carbonyl (C=O) groups excluding carboxylic acids is 1. The van der Waals surface area contributed by atoms with Gasteiger partial charge in [0.1, 0.15) is 23.4 Å². The Balaban J connectivity index is 1.67. The van der Waals surface area contributed by atoms with Crippen LogP contribution >= 0.6 is 11.6 Å². The van der Waals surface area contributed by atoms with Gasteiger partial charge in [-0.3, -0.25) is 14.4 Å². The van der Waals surface area contributed by atoms with Gasteiger partial charge in [-0.15, -0.1) is 10.2 Å². The van der Waals surface area contributed by atoms with Gasteiger partial charge in [-0.2, -0.15) is 0 Å². The molecule has 1 amide bonds. The third kappa shape index (κ3) is 4.67. The van der Waals surface area contributed by atoms with Gasteiger partial charge >= 0.3 is 0 Å². The van der Waals surface area contributed by atoms with E-state index in [1.54, 1.807) is 12.1 Å². The molecule has 8 nitrogen and oxygen atoms in total. The second-order valence-corrected chi connectivity index (χ2v) is 8.89. The molecule has 9 heteroatoms. The number of aryl methyl sites for hydroxylation is 1. The molecular weight excluding hydrogens is 476 g/mol. The normalized spacial score (nSPS) is 14.3. The zero-order chi connectivity index (χ0) is 25.2. The fourth-order valence-electron chi connectivity index (χ4n) is 4.23. The molecule has 3 aromatic carbocycles. The number of ether oxygens (including phenoxy) is 1. The number of nitrogens with one attached hydrogen (secondary N) is 1. The molecule has 0 bridgehead atoms. The summed E-state index contributed by atoms with van der Waals surface area (Å²) in [4.78, 5) is 17.7. The van der Waals surface area contributed by atoms with Gasteiger partial charge in [0.05, 0.1) is 17.8 Å². The standard InChI is InChI=1S/C27H25ClN6O2/c1-3-30-25(35)15-23-27-33-32-16(2)34(27)24-13-12-21(36-20-10-8-19(29)9-11-20)14-22(24)26(31-23)17-4-6-18(28)7-5-17/h4-14,23H,3,15,29H2,1-2H3,(H,30,35)/t23-/m0/s1. The van der Waals surface area contributed by atoms with Crippen LogP contribution in [0, 0.1) is 6.92 Å². The number of hydrogen-bond acceptors (Lipinski definition) is 6. The highest BCUT2D eigenvalue weighted by Crippen LogP contribution is 2.35. The Morgan fingerprint density at radius 3 is 2.50 bits per heavy atom. The number of rotatable bonds is 6. The quantitative estimate of drug-likeness (QED) is 0.361. The smallest absolute Gasteiger partial charge is 0.222 e. The average molecular weight is 501 g/mol. The highest BCUT2D eigenvalue weighted by atomic mass is 35.5. The maximum atomic E-state index is 12.6. The van der Waals surface area contributed by atoms with E-state index in [1.165, 1.54) is 0 Å². The monoisotopic (exact) mass is 500 g/mol. The number of halogens is 1. The van der Waals surface area contributed by atoms with Crippen molar-refractivity contribution in [3.63, 3.8) is 0 Å². The zero-order valence-corrected chi connectivity index (χ0v) is 20.7. The molecule has 1 aliphatic heterocycles. The predicted octanol–water partition coefficient (Wildman–Crippen LogP) is 5.02. The van der Waals surface area contributed by atoms with Gasteiger partial charge in [0, 0.05) is 28.4 Å². The van der Waals surface area contributed by atoms with Crippen molar-refractivity contribution in [1.82, 2.24) is 20.1 Å². The van der Waals surface area contributed by atoms with Crippen molar-refractivity contribution >= 4 is 28.9 Å². The lowest BCUT2D eigenvalue weighted by Gasteiger charge is -2.15. The molecule has 0 saturated heterocycles. The van der Waals surface area contributed by atoms with Gasteiger partial charge < -0.3 is 15.8 Å². The van der Waals surface area contributed by atoms with Crippen LogP contribution in [0.5, 0.6) is 11.5 Å². The number of anilines is 1. The minimum atomic E-state index is -0.530. The minimum Gasteiger partial charge on any atom is -0.457 e. The molecule has 0 spiro atoms. The van der Waals surface area contributed by atoms with E-state index >= 15 is 0 Å². The topological polar surface area (TPSA) is 107 Å². The summed E-state index contributed by atoms with van der Waals surface area (Å²) in [5.41, 5.74) is 9.73. The van der Waals surface area contributed by atoms with Gasteiger partial charge in [0.25, 0.3) is 0 Å². The number of aromatic nitrogens is 3. The van der Waals surface area contributed by atoms with E-state index in [-0.39, 0.29) is 12.3 Å². The van der Waals surface area contributed by atoms with Crippen LogP contribution < -0.4 is 15.8 Å². The molecule has 4 aromatic rings. The largest absolute Gasteiger partial charge is 0.457 e. The Morgan fingerprint density at radius 1 is 1.06 bits per heavy atom. The second-order valence-electron chi connectivity index (χ2n) is 8.45. The minimum absolute atomic E-state index is 0.104. The molecule has 0 radical (unpaired) electrons. The SMILES string of the molecule is CCNC(=O)C[C@@H]1N=C(c2ccc(Cl)cc2)c2cc(Oc3ccc(N)cc3)ccc2-n2c(C)nnc21. The summed E-state index contributed by atoms with van der Waals surface area (Å²) < 4.78 is 8.09. The molecule has 3 N–H and O–H groups in total. The predicted molar refractivity (Wildman–Crippen MR) is 140 cm³/mol. The molecular formula is C27H25ClN6O2. The summed E-state index contributed by atoms with van der Waals surface area (Å²) in [5.74, 6) is 2.50. The highest BCUT2D eigenvalue weighted by Gasteiger charge is 2.30. The third-order valence-electron chi connectivity index (χ3n) is 5.88. The lowest BCUT2D eigenvalue weighted by Crippen LogP contribution is -2.25. The number of carbonyl (C=O) groups is 1. The van der Waals surface area contributed by atoms with Crippen LogP contribution in [0.25, 0.3) is 5.69 Å². The summed E-state index contributed by atoms with van der Waals surface area (Å²) in [6.07, 6.45) is 0.145. The number of amides is 1. The Kier molecular flexibility index (Phi) is 6.43. The van der Waals surface area contributed by atoms with Crippen LogP contribution in [0.2, 0.25) is 5.02 Å². The van der Waals surface area contributed by atoms with Gasteiger partial charge in [-0.25, -0.2) is 0 Å². The van der Waals surface area contributed by atoms with Crippen molar-refractivity contribution in [3.8, 4) is 17.2 Å². The van der Waals surface area contributed by atoms with Crippen LogP contribution in [-0.2, 0) is 4.79 Å². The van der Waals surface area contributed by atoms with Crippen LogP contribution in [-0.4, -0.2) is 32.9 Å². The third-order valence-corrected chi connectivity index (χ3v) is 6.14. The van der Waals surface area contributed by atoms with Crippen molar-refractivity contribution in [2.75, 3.05) is 12.3 Å². The Bertz CT molecular complexity index is 1440. The van der Waals surface area contributed by atoms with E-state index in [9.17, 15) is 4.79 Å². The number of aliphatic imine (C=N–C) groups is 1. The molecule has 1 atom stereocenters. The number of benzene rings is 3. The Hall–Kier alpha value is -4.17. The summed E-state index contributed by atoms with van der Waals surface area (Å²) >= 11 is 6.17. The molecule has 0 unspecified atom stereocenters. The van der Waals surface area contributed by atoms with Gasteiger partial charge in [-0.05, 0) is 68.4 Å². The van der Waals surface area contributed by atoms with Crippen LogP contribution in [0.1, 0.15) is 42.2 Å². The molecule has 0 fully saturated rings. The number of hydrogen-bond donors (Lipinski definition) is 2. The maximum Gasteiger partial charge on any atom is 0.222 e. The molecule has 1 aromatic heterocycles. The fraction of sp³-hybridized carbons (Fsp3) is 0.185. The first-order chi connectivity index (χ1) is 17.4. The molecule has 0 saturated carbocycles. The zero-order valence-electron chi connectivity index (χ0n) is 19.9. The molecule has 182 valence electrons. The molecule has 2 heterocycles. The van der Waals surface area contributed by atoms with E-state index in [2.05, 4.69) is 15.5 Å². The van der Waals surface area contributed by atoms with Gasteiger partial charge in [0.2, 0.25) is 5.91 Å². The molecule has 36 heavy (non-hydrogen) atoms. The first kappa shape index (κ1) is 23.6. The number of nitrogens with zero attached hydrogens (tertiary/aromatic N) is 4. The lowest BCUT2D eigenvalue weighted by molar-refractivity contribution is -0.121. The van der Waals surface area contributed by atoms with Crippen LogP contribution in [0.15, 0.2) is 71.7 Å². The van der Waals surface area contributed by atoms with Gasteiger partial charge in [-0.1, -0.05) is 23.7 Å². The van der Waals surface area contributed by atoms with Crippen LogP contribution in [0.3, 0.4) is 0 Å². The van der Waals surface area contributed by atoms with E-state index in [0.717, 1.165) is 16.8 Å². The first-order valence-electron chi connectivity index (χ1n) is 11.6. The summed E-state index contributed by atoms with van der Waals surface area (Å²) in [7, 11) is 0. The van der Waals surface area contributed by atoms with E-state index in [1.807, 2.05) is 73.0 Å². The number of nitrogens with two attached hydrogens (primary N) is 1. The van der Waals surface area contributed by atoms with Crippen LogP contribution in [0.4, 0.5) is 5.69 Å². The van der Waals surface area contributed by atoms with E-state index in [4.69, 9.17) is 27.1 Å². The lowest BCUT2D eigenvalue weighted by atomic mass is 10.00. The second kappa shape index (κ2) is 9.83. The number of fused-ring (bicyclic) bond motifs is 3. The summed E-state index contributed by atoms with van der Waals surface area (Å²) in [5, 5.41) is 12.2. The average Bonchev–Trinajstić information content (AvgIpc) is 3.19. The highest BCUT2D eigenvalue weighted by molar-refractivity contribution is 6.30. The Labute approximate surface area is 213 Å². The molecule has 1 aliphatic rings. The Morgan fingerprint density at radius 2 is 1.78 bits per heavy atom. The van der Waals surface area contributed by atoms with E-state index < -0.39 is 6.04 Å². The summed E-state index contributed by atoms with van der Waals surface area (Å²) in [6, 6.07) is 20.0. The summed E-state index contributed by atoms with van der Waals surface area (Å²) in [6.45, 7) is 4.31. The maximum absolute atomic E-state index is 12.6. The van der Waals surface area contributed by atoms with E-state index in [0.29, 0.717) is 46.1 Å². The van der Waals surface area contributed by atoms with Crippen molar-refractivity contribution < 1.29 is 9.53 Å². The number of nitrogen functional groups attached to an aromatic ring is 1. The van der Waals surface area contributed by atoms with Crippen molar-refractivity contribution in [2.24, 2.45) is 4.99 Å². The van der Waals surface area contributed by atoms with Crippen molar-refractivity contribution in [1.29, 1.82) is 0 Å². The molecule has 5 rings (SSSR count). The molecule has 0 aliphatic carbocycles. The van der Waals surface area contributed by atoms with Gasteiger partial charge in [0.15, 0.2) is 5.82 Å². The fourth-order valence-corrected chi connectivity index (χ4v) is 4.36. The van der Waals surface area contributed by atoms with Crippen molar-refractivity contribution in [2.45, 2.75) is 26.3 Å². The first-order valence-corrected chi connectivity index (χ1v) is 12.0. The van der Waals surface area contributed by atoms with Crippen molar-refractivity contribution in [3.05, 3.63) is 94.5 Å².